The summed E-state index contributed by atoms with van der Waals surface area (Å²) in [6, 6.07) is 1.11. The fourth-order valence-corrected chi connectivity index (χ4v) is 2.44. The molecule has 2 fully saturated rings. The maximum Gasteiger partial charge on any atom is 0.0620 e. The molecule has 0 bridgehead atoms. The number of hydrogen-bond donors (Lipinski definition) is 1. The van der Waals surface area contributed by atoms with Gasteiger partial charge in [-0.2, -0.15) is 0 Å². The molecule has 1 atom stereocenters. The molecule has 2 rings (SSSR count). The van der Waals surface area contributed by atoms with Crippen LogP contribution in [0.25, 0.3) is 0 Å². The normalized spacial score (nSPS) is 27.9. The van der Waals surface area contributed by atoms with Gasteiger partial charge in [0, 0.05) is 32.3 Å². The molecule has 1 aliphatic heterocycles. The van der Waals surface area contributed by atoms with E-state index < -0.39 is 0 Å². The summed E-state index contributed by atoms with van der Waals surface area (Å²) in [5.74, 6) is 0.907. The summed E-state index contributed by atoms with van der Waals surface area (Å²) in [7, 11) is 1.81. The lowest BCUT2D eigenvalue weighted by Gasteiger charge is -2.36. The third-order valence-corrected chi connectivity index (χ3v) is 3.55. The summed E-state index contributed by atoms with van der Waals surface area (Å²) in [4.78, 5) is 2.59. The standard InChI is InChI=1S/C11H22N2O/c1-14-8-11(9-2-3-9)13-6-4-10(12)5-7-13/h9-11H,2-8,12H2,1H3. The van der Waals surface area contributed by atoms with Gasteiger partial charge in [-0.25, -0.2) is 0 Å². The van der Waals surface area contributed by atoms with E-state index in [1.165, 1.54) is 25.9 Å². The fraction of sp³-hybridized carbons (Fsp3) is 1.00. The molecular formula is C11H22N2O. The molecule has 1 unspecified atom stereocenters. The molecule has 2 N–H and O–H groups in total. The van der Waals surface area contributed by atoms with Crippen LogP contribution in [0.15, 0.2) is 0 Å². The van der Waals surface area contributed by atoms with Gasteiger partial charge in [-0.05, 0) is 31.6 Å². The van der Waals surface area contributed by atoms with Crippen LogP contribution in [0.3, 0.4) is 0 Å². The van der Waals surface area contributed by atoms with Crippen LogP contribution in [0.5, 0.6) is 0 Å². The monoisotopic (exact) mass is 198 g/mol. The smallest absolute Gasteiger partial charge is 0.0620 e. The number of piperidine rings is 1. The van der Waals surface area contributed by atoms with Crippen molar-refractivity contribution in [2.45, 2.75) is 37.8 Å². The predicted octanol–water partition coefficient (Wildman–Crippen LogP) is 0.835. The molecule has 2 aliphatic rings. The van der Waals surface area contributed by atoms with Crippen molar-refractivity contribution in [3.05, 3.63) is 0 Å². The van der Waals surface area contributed by atoms with Crippen molar-refractivity contribution in [2.24, 2.45) is 11.7 Å². The molecule has 1 saturated heterocycles. The van der Waals surface area contributed by atoms with Crippen LogP contribution < -0.4 is 5.73 Å². The summed E-state index contributed by atoms with van der Waals surface area (Å²) in [5, 5.41) is 0. The van der Waals surface area contributed by atoms with Gasteiger partial charge in [0.05, 0.1) is 6.61 Å². The zero-order valence-electron chi connectivity index (χ0n) is 9.11. The Balaban J connectivity index is 1.84. The Morgan fingerprint density at radius 1 is 1.29 bits per heavy atom. The molecule has 0 aromatic heterocycles. The zero-order valence-corrected chi connectivity index (χ0v) is 9.11. The molecule has 0 radical (unpaired) electrons. The average molecular weight is 198 g/mol. The topological polar surface area (TPSA) is 38.5 Å². The van der Waals surface area contributed by atoms with Crippen molar-refractivity contribution in [1.29, 1.82) is 0 Å². The van der Waals surface area contributed by atoms with Crippen LogP contribution in [0.2, 0.25) is 0 Å². The van der Waals surface area contributed by atoms with Crippen molar-refractivity contribution in [3.63, 3.8) is 0 Å². The molecule has 14 heavy (non-hydrogen) atoms. The van der Waals surface area contributed by atoms with E-state index in [0.29, 0.717) is 12.1 Å². The van der Waals surface area contributed by atoms with Gasteiger partial charge in [0.1, 0.15) is 0 Å². The number of hydrogen-bond acceptors (Lipinski definition) is 3. The number of rotatable bonds is 4. The van der Waals surface area contributed by atoms with Gasteiger partial charge in [0.2, 0.25) is 0 Å². The van der Waals surface area contributed by atoms with Gasteiger partial charge in [-0.3, -0.25) is 4.90 Å². The van der Waals surface area contributed by atoms with Gasteiger partial charge in [-0.1, -0.05) is 0 Å². The molecular weight excluding hydrogens is 176 g/mol. The molecule has 0 amide bonds. The molecule has 0 aromatic carbocycles. The van der Waals surface area contributed by atoms with Gasteiger partial charge < -0.3 is 10.5 Å². The van der Waals surface area contributed by atoms with Gasteiger partial charge in [0.25, 0.3) is 0 Å². The van der Waals surface area contributed by atoms with Crippen molar-refractivity contribution < 1.29 is 4.74 Å². The van der Waals surface area contributed by atoms with Crippen LogP contribution in [0.4, 0.5) is 0 Å². The third-order valence-electron chi connectivity index (χ3n) is 3.55. The van der Waals surface area contributed by atoms with E-state index in [2.05, 4.69) is 4.90 Å². The van der Waals surface area contributed by atoms with E-state index in [1.807, 2.05) is 7.11 Å². The lowest BCUT2D eigenvalue weighted by molar-refractivity contribution is 0.0616. The first-order valence-electron chi connectivity index (χ1n) is 5.80. The Bertz CT molecular complexity index is 174. The van der Waals surface area contributed by atoms with Gasteiger partial charge >= 0.3 is 0 Å². The first kappa shape index (κ1) is 10.4. The molecule has 1 heterocycles. The maximum atomic E-state index is 5.90. The summed E-state index contributed by atoms with van der Waals surface area (Å²) in [6.07, 6.45) is 5.12. The zero-order chi connectivity index (χ0) is 9.97. The number of nitrogens with zero attached hydrogens (tertiary/aromatic N) is 1. The second-order valence-electron chi connectivity index (χ2n) is 4.73. The Hall–Kier alpha value is -0.120. The predicted molar refractivity (Wildman–Crippen MR) is 57.2 cm³/mol. The minimum absolute atomic E-state index is 0.439. The third kappa shape index (κ3) is 2.47. The Labute approximate surface area is 86.6 Å². The van der Waals surface area contributed by atoms with Crippen LogP contribution in [0, 0.1) is 5.92 Å². The summed E-state index contributed by atoms with van der Waals surface area (Å²) >= 11 is 0. The highest BCUT2D eigenvalue weighted by Gasteiger charge is 2.36. The van der Waals surface area contributed by atoms with Gasteiger partial charge in [-0.15, -0.1) is 0 Å². The van der Waals surface area contributed by atoms with Crippen molar-refractivity contribution in [1.82, 2.24) is 4.90 Å². The summed E-state index contributed by atoms with van der Waals surface area (Å²) in [5.41, 5.74) is 5.90. The van der Waals surface area contributed by atoms with E-state index in [4.69, 9.17) is 10.5 Å². The van der Waals surface area contributed by atoms with E-state index >= 15 is 0 Å². The highest BCUT2D eigenvalue weighted by molar-refractivity contribution is 4.90. The van der Waals surface area contributed by atoms with Crippen LogP contribution in [0.1, 0.15) is 25.7 Å². The van der Waals surface area contributed by atoms with Crippen LogP contribution in [-0.2, 0) is 4.74 Å². The van der Waals surface area contributed by atoms with Crippen LogP contribution >= 0.6 is 0 Å². The van der Waals surface area contributed by atoms with E-state index in [0.717, 1.165) is 25.4 Å². The summed E-state index contributed by atoms with van der Waals surface area (Å²) < 4.78 is 5.31. The molecule has 1 saturated carbocycles. The number of ether oxygens (including phenoxy) is 1. The lowest BCUT2D eigenvalue weighted by Crippen LogP contribution is -2.47. The number of nitrogens with two attached hydrogens (primary N) is 1. The highest BCUT2D eigenvalue weighted by atomic mass is 16.5. The van der Waals surface area contributed by atoms with Crippen molar-refractivity contribution in [3.8, 4) is 0 Å². The second kappa shape index (κ2) is 4.60. The minimum Gasteiger partial charge on any atom is -0.383 e. The van der Waals surface area contributed by atoms with E-state index in [9.17, 15) is 0 Å². The molecule has 3 nitrogen and oxygen atoms in total. The molecule has 0 aromatic rings. The largest absolute Gasteiger partial charge is 0.383 e. The molecule has 1 aliphatic carbocycles. The first-order valence-corrected chi connectivity index (χ1v) is 5.80. The van der Waals surface area contributed by atoms with Crippen LogP contribution in [-0.4, -0.2) is 43.8 Å². The molecule has 0 spiro atoms. The minimum atomic E-state index is 0.439. The highest BCUT2D eigenvalue weighted by Crippen LogP contribution is 2.36. The lowest BCUT2D eigenvalue weighted by atomic mass is 10.0. The van der Waals surface area contributed by atoms with Crippen molar-refractivity contribution in [2.75, 3.05) is 26.8 Å². The van der Waals surface area contributed by atoms with Crippen molar-refractivity contribution >= 4 is 0 Å². The van der Waals surface area contributed by atoms with E-state index in [-0.39, 0.29) is 0 Å². The number of likely N-dealkylation sites (tertiary alicyclic amines) is 1. The number of methoxy groups -OCH3 is 1. The summed E-state index contributed by atoms with van der Waals surface area (Å²) in [6.45, 7) is 3.25. The van der Waals surface area contributed by atoms with Gasteiger partial charge in [0.15, 0.2) is 0 Å². The molecule has 3 heteroatoms. The fourth-order valence-electron chi connectivity index (χ4n) is 2.44. The Morgan fingerprint density at radius 3 is 2.43 bits per heavy atom. The average Bonchev–Trinajstić information content (AvgIpc) is 2.99. The Morgan fingerprint density at radius 2 is 1.93 bits per heavy atom. The Kier molecular flexibility index (Phi) is 3.42. The first-order chi connectivity index (χ1) is 6.81. The second-order valence-corrected chi connectivity index (χ2v) is 4.73. The SMILES string of the molecule is COCC(C1CC1)N1CCC(N)CC1. The molecule has 82 valence electrons. The van der Waals surface area contributed by atoms with E-state index in [1.54, 1.807) is 0 Å². The quantitative estimate of drug-likeness (QED) is 0.727. The maximum absolute atomic E-state index is 5.90.